The van der Waals surface area contributed by atoms with E-state index in [1.165, 1.54) is 0 Å². The molecule has 0 aliphatic carbocycles. The van der Waals surface area contributed by atoms with Crippen molar-refractivity contribution in [3.8, 4) is 0 Å². The first-order valence-corrected chi connectivity index (χ1v) is 8.99. The second kappa shape index (κ2) is 6.62. The molecule has 7 nitrogen and oxygen atoms in total. The molecule has 4 heterocycles. The fourth-order valence-electron chi connectivity index (χ4n) is 3.39. The van der Waals surface area contributed by atoms with Gasteiger partial charge in [-0.1, -0.05) is 24.3 Å². The van der Waals surface area contributed by atoms with Gasteiger partial charge in [-0.2, -0.15) is 4.40 Å². The number of aromatic amines is 3. The number of H-pyrrole nitrogens is 3. The highest BCUT2D eigenvalue weighted by Crippen LogP contribution is 2.13. The lowest BCUT2D eigenvalue weighted by Gasteiger charge is -1.94. The number of fused-ring (bicyclic) bond motifs is 2. The van der Waals surface area contributed by atoms with Gasteiger partial charge in [-0.3, -0.25) is 4.98 Å². The van der Waals surface area contributed by atoms with Crippen LogP contribution in [0.4, 0.5) is 5.95 Å². The van der Waals surface area contributed by atoms with Gasteiger partial charge in [0, 0.05) is 12.4 Å². The van der Waals surface area contributed by atoms with Crippen molar-refractivity contribution in [3.05, 3.63) is 90.3 Å². The summed E-state index contributed by atoms with van der Waals surface area (Å²) in [5.41, 5.74) is 4.25. The van der Waals surface area contributed by atoms with Crippen LogP contribution in [0.15, 0.2) is 73.2 Å². The highest BCUT2D eigenvalue weighted by Gasteiger charge is 2.27. The summed E-state index contributed by atoms with van der Waals surface area (Å²) in [5, 5.41) is 2.91. The number of nitrogens with one attached hydrogen (secondary N) is 4. The topological polar surface area (TPSA) is 91.8 Å². The number of carbonyl (C=O) groups excluding carboxylic acids is 1. The number of para-hydroxylation sites is 2. The molecule has 0 saturated heterocycles. The van der Waals surface area contributed by atoms with Crippen molar-refractivity contribution < 1.29 is 14.2 Å². The smallest absolute Gasteiger partial charge is 0.264 e. The Labute approximate surface area is 160 Å². The molecule has 5 rings (SSSR count). The molecule has 0 aliphatic rings. The molecule has 0 saturated carbocycles. The van der Waals surface area contributed by atoms with Gasteiger partial charge in [0.15, 0.2) is 5.52 Å². The maximum absolute atomic E-state index is 13.0. The number of carbonyl (C=O) groups is 1. The van der Waals surface area contributed by atoms with Crippen LogP contribution in [0, 0.1) is 0 Å². The Hall–Kier alpha value is -4.00. The fraction of sp³-hybridized carbons (Fsp3) is 0.0476. The summed E-state index contributed by atoms with van der Waals surface area (Å²) < 4.78 is 2.00. The molecule has 1 aromatic carbocycles. The zero-order valence-electron chi connectivity index (χ0n) is 14.9. The van der Waals surface area contributed by atoms with Crippen LogP contribution in [0.2, 0.25) is 0 Å². The Morgan fingerprint density at radius 3 is 2.82 bits per heavy atom. The first-order chi connectivity index (χ1) is 13.8. The standard InChI is InChI=1S/C21H16N6O/c28-20(26-21-23-15-7-1-2-8-16(15)24-21)19-17-9-3-4-11-27(17)18(25-19)12-14-6-5-10-22-13-14/h1-11,13H,12H2,(H2,23,24,26,28)/p+2. The Bertz CT molecular complexity index is 1260. The molecule has 136 valence electrons. The minimum Gasteiger partial charge on any atom is -0.264 e. The van der Waals surface area contributed by atoms with Gasteiger partial charge in [-0.15, -0.1) is 0 Å². The minimum absolute atomic E-state index is 0.219. The molecule has 4 N–H and O–H groups in total. The van der Waals surface area contributed by atoms with Crippen molar-refractivity contribution in [2.45, 2.75) is 6.42 Å². The van der Waals surface area contributed by atoms with Crippen LogP contribution in [0.1, 0.15) is 21.9 Å². The normalized spacial score (nSPS) is 11.1. The third-order valence-corrected chi connectivity index (χ3v) is 4.68. The molecule has 1 amide bonds. The molecule has 0 spiro atoms. The van der Waals surface area contributed by atoms with Crippen LogP contribution in [-0.4, -0.2) is 20.9 Å². The van der Waals surface area contributed by atoms with Gasteiger partial charge < -0.3 is 0 Å². The van der Waals surface area contributed by atoms with Crippen LogP contribution in [0.3, 0.4) is 0 Å². The summed E-state index contributed by atoms with van der Waals surface area (Å²) in [7, 11) is 0. The summed E-state index contributed by atoms with van der Waals surface area (Å²) in [4.78, 5) is 26.8. The number of rotatable bonds is 4. The van der Waals surface area contributed by atoms with Gasteiger partial charge in [0.2, 0.25) is 0 Å². The third-order valence-electron chi connectivity index (χ3n) is 4.68. The zero-order chi connectivity index (χ0) is 18.9. The molecular weight excluding hydrogens is 352 g/mol. The average Bonchev–Trinajstić information content (AvgIpc) is 3.30. The van der Waals surface area contributed by atoms with Gasteiger partial charge in [-0.25, -0.2) is 25.1 Å². The second-order valence-corrected chi connectivity index (χ2v) is 6.57. The number of pyridine rings is 2. The quantitative estimate of drug-likeness (QED) is 0.424. The zero-order valence-corrected chi connectivity index (χ0v) is 14.9. The fourth-order valence-corrected chi connectivity index (χ4v) is 3.39. The van der Waals surface area contributed by atoms with E-state index in [-0.39, 0.29) is 5.91 Å². The highest BCUT2D eigenvalue weighted by atomic mass is 16.2. The van der Waals surface area contributed by atoms with E-state index < -0.39 is 0 Å². The summed E-state index contributed by atoms with van der Waals surface area (Å²) in [6, 6.07) is 17.5. The molecule has 0 aliphatic heterocycles. The van der Waals surface area contributed by atoms with E-state index in [1.807, 2.05) is 71.4 Å². The summed E-state index contributed by atoms with van der Waals surface area (Å²) in [6.45, 7) is 0. The molecular formula is C21H18N6O+2. The molecule has 0 atom stereocenters. The van der Waals surface area contributed by atoms with E-state index >= 15 is 0 Å². The van der Waals surface area contributed by atoms with E-state index in [0.717, 1.165) is 27.9 Å². The molecule has 0 unspecified atom stereocenters. The Morgan fingerprint density at radius 2 is 1.96 bits per heavy atom. The highest BCUT2D eigenvalue weighted by molar-refractivity contribution is 6.06. The van der Waals surface area contributed by atoms with E-state index in [4.69, 9.17) is 0 Å². The number of hydrogen-bond donors (Lipinski definition) is 3. The lowest BCUT2D eigenvalue weighted by atomic mass is 10.2. The molecule has 5 aromatic rings. The maximum Gasteiger partial charge on any atom is 0.361 e. The van der Waals surface area contributed by atoms with Crippen molar-refractivity contribution in [2.75, 3.05) is 5.32 Å². The van der Waals surface area contributed by atoms with Gasteiger partial charge >= 0.3 is 11.9 Å². The molecule has 28 heavy (non-hydrogen) atoms. The number of anilines is 1. The predicted octanol–water partition coefficient (Wildman–Crippen LogP) is 2.29. The number of imidazole rings is 2. The Kier molecular flexibility index (Phi) is 3.83. The lowest BCUT2D eigenvalue weighted by molar-refractivity contribution is -0.520. The lowest BCUT2D eigenvalue weighted by Crippen LogP contribution is -2.25. The van der Waals surface area contributed by atoms with Crippen molar-refractivity contribution in [3.63, 3.8) is 0 Å². The number of aromatic nitrogens is 5. The number of benzene rings is 1. The van der Waals surface area contributed by atoms with Crippen molar-refractivity contribution in [1.82, 2.24) is 15.0 Å². The molecule has 0 bridgehead atoms. The predicted molar refractivity (Wildman–Crippen MR) is 104 cm³/mol. The number of amides is 1. The third kappa shape index (κ3) is 2.88. The Morgan fingerprint density at radius 1 is 1.07 bits per heavy atom. The van der Waals surface area contributed by atoms with E-state index in [0.29, 0.717) is 18.1 Å². The minimum atomic E-state index is -0.219. The molecule has 0 fully saturated rings. The molecule has 0 radical (unpaired) electrons. The average molecular weight is 370 g/mol. The Balaban J connectivity index is 1.50. The summed E-state index contributed by atoms with van der Waals surface area (Å²) in [5.74, 6) is 1.24. The van der Waals surface area contributed by atoms with Crippen LogP contribution in [0.25, 0.3) is 16.6 Å². The first-order valence-electron chi connectivity index (χ1n) is 8.99. The summed E-state index contributed by atoms with van der Waals surface area (Å²) in [6.07, 6.45) is 6.17. The van der Waals surface area contributed by atoms with Gasteiger partial charge in [0.1, 0.15) is 11.0 Å². The van der Waals surface area contributed by atoms with Crippen LogP contribution in [0.5, 0.6) is 0 Å². The van der Waals surface area contributed by atoms with Crippen LogP contribution < -0.4 is 14.7 Å². The SMILES string of the molecule is O=C(Nc1[nH]c2ccccc2[nH+]1)c1[nH]c(Cc2cccnc2)[n+]2ccccc12. The van der Waals surface area contributed by atoms with Gasteiger partial charge in [-0.05, 0) is 35.9 Å². The van der Waals surface area contributed by atoms with E-state index in [1.54, 1.807) is 6.20 Å². The second-order valence-electron chi connectivity index (χ2n) is 6.57. The monoisotopic (exact) mass is 370 g/mol. The first kappa shape index (κ1) is 16.2. The van der Waals surface area contributed by atoms with Crippen molar-refractivity contribution in [2.24, 2.45) is 0 Å². The van der Waals surface area contributed by atoms with Crippen LogP contribution in [-0.2, 0) is 6.42 Å². The van der Waals surface area contributed by atoms with E-state index in [9.17, 15) is 4.79 Å². The molecule has 4 aromatic heterocycles. The summed E-state index contributed by atoms with van der Waals surface area (Å²) >= 11 is 0. The van der Waals surface area contributed by atoms with Gasteiger partial charge in [0.05, 0.1) is 12.6 Å². The van der Waals surface area contributed by atoms with Crippen molar-refractivity contribution in [1.29, 1.82) is 0 Å². The van der Waals surface area contributed by atoms with E-state index in [2.05, 4.69) is 25.3 Å². The van der Waals surface area contributed by atoms with Gasteiger partial charge in [0.25, 0.3) is 11.5 Å². The number of nitrogens with zero attached hydrogens (tertiary/aromatic N) is 2. The molecule has 7 heteroatoms. The maximum atomic E-state index is 13.0. The van der Waals surface area contributed by atoms with Crippen molar-refractivity contribution >= 4 is 28.4 Å². The van der Waals surface area contributed by atoms with Crippen LogP contribution >= 0.6 is 0 Å². The largest absolute Gasteiger partial charge is 0.361 e. The number of hydrogen-bond acceptors (Lipinski definition) is 2.